The van der Waals surface area contributed by atoms with E-state index in [-0.39, 0.29) is 27.3 Å². The fourth-order valence-electron chi connectivity index (χ4n) is 2.36. The van der Waals surface area contributed by atoms with Crippen molar-refractivity contribution < 1.29 is 13.9 Å². The summed E-state index contributed by atoms with van der Waals surface area (Å²) in [4.78, 5) is 12.7. The summed E-state index contributed by atoms with van der Waals surface area (Å²) >= 11 is 6.04. The molecule has 0 amide bonds. The van der Waals surface area contributed by atoms with Gasteiger partial charge in [0.05, 0.1) is 23.3 Å². The predicted molar refractivity (Wildman–Crippen MR) is 89.8 cm³/mol. The van der Waals surface area contributed by atoms with E-state index >= 15 is 0 Å². The first-order valence-corrected chi connectivity index (χ1v) is 7.68. The molecule has 4 nitrogen and oxygen atoms in total. The minimum absolute atomic E-state index is 0.00104. The second-order valence-corrected chi connectivity index (χ2v) is 5.60. The van der Waals surface area contributed by atoms with Gasteiger partial charge >= 0.3 is 0 Å². The Kier molecular flexibility index (Phi) is 5.55. The van der Waals surface area contributed by atoms with Crippen LogP contribution in [0, 0.1) is 17.1 Å². The lowest BCUT2D eigenvalue weighted by Gasteiger charge is -2.14. The van der Waals surface area contributed by atoms with Gasteiger partial charge in [0.15, 0.2) is 5.78 Å². The van der Waals surface area contributed by atoms with Crippen molar-refractivity contribution in [2.45, 2.75) is 19.4 Å². The van der Waals surface area contributed by atoms with Crippen LogP contribution in [-0.2, 0) is 0 Å². The molecule has 0 bridgehead atoms. The molecule has 2 aromatic rings. The van der Waals surface area contributed by atoms with E-state index in [1.54, 1.807) is 0 Å². The van der Waals surface area contributed by atoms with Crippen LogP contribution >= 0.6 is 11.6 Å². The van der Waals surface area contributed by atoms with E-state index in [1.165, 1.54) is 37.4 Å². The molecule has 2 aromatic carbocycles. The van der Waals surface area contributed by atoms with Crippen molar-refractivity contribution in [3.63, 3.8) is 0 Å². The predicted octanol–water partition coefficient (Wildman–Crippen LogP) is 4.00. The largest absolute Gasteiger partial charge is 0.495 e. The summed E-state index contributed by atoms with van der Waals surface area (Å²) in [6.45, 7) is 1.82. The van der Waals surface area contributed by atoms with Crippen LogP contribution in [0.3, 0.4) is 0 Å². The molecule has 0 spiro atoms. The lowest BCUT2D eigenvalue weighted by atomic mass is 9.96. The van der Waals surface area contributed by atoms with Crippen LogP contribution < -0.4 is 10.5 Å². The molecule has 124 valence electrons. The third-order valence-electron chi connectivity index (χ3n) is 3.77. The quantitative estimate of drug-likeness (QED) is 0.830. The smallest absolute Gasteiger partial charge is 0.197 e. The number of hydrogen-bond donors (Lipinski definition) is 1. The summed E-state index contributed by atoms with van der Waals surface area (Å²) in [5, 5.41) is 9.13. The van der Waals surface area contributed by atoms with Crippen molar-refractivity contribution in [1.82, 2.24) is 0 Å². The molecule has 0 heterocycles. The van der Waals surface area contributed by atoms with Gasteiger partial charge in [-0.2, -0.15) is 5.26 Å². The Hall–Kier alpha value is -2.42. The van der Waals surface area contributed by atoms with Crippen LogP contribution in [0.4, 0.5) is 4.39 Å². The van der Waals surface area contributed by atoms with Crippen molar-refractivity contribution in [2.75, 3.05) is 7.11 Å². The Balaban J connectivity index is 2.56. The monoisotopic (exact) mass is 346 g/mol. The first-order valence-electron chi connectivity index (χ1n) is 7.30. The Morgan fingerprint density at radius 1 is 1.42 bits per heavy atom. The molecule has 0 aromatic heterocycles. The van der Waals surface area contributed by atoms with Crippen molar-refractivity contribution in [2.24, 2.45) is 5.73 Å². The van der Waals surface area contributed by atoms with E-state index in [1.807, 2.05) is 13.0 Å². The zero-order chi connectivity index (χ0) is 17.9. The van der Waals surface area contributed by atoms with E-state index in [0.717, 1.165) is 0 Å². The molecule has 0 radical (unpaired) electrons. The van der Waals surface area contributed by atoms with E-state index in [4.69, 9.17) is 27.3 Å². The highest BCUT2D eigenvalue weighted by Gasteiger charge is 2.23. The number of halogens is 2. The highest BCUT2D eigenvalue weighted by atomic mass is 35.5. The van der Waals surface area contributed by atoms with Gasteiger partial charge in [-0.25, -0.2) is 4.39 Å². The second kappa shape index (κ2) is 7.43. The highest BCUT2D eigenvalue weighted by molar-refractivity contribution is 6.35. The highest BCUT2D eigenvalue weighted by Crippen LogP contribution is 2.29. The summed E-state index contributed by atoms with van der Waals surface area (Å²) in [6.07, 6.45) is 0.521. The summed E-state index contributed by atoms with van der Waals surface area (Å²) in [7, 11) is 1.42. The van der Waals surface area contributed by atoms with Crippen LogP contribution in [0.15, 0.2) is 30.3 Å². The fourth-order valence-corrected chi connectivity index (χ4v) is 2.60. The molecule has 1 unspecified atom stereocenters. The van der Waals surface area contributed by atoms with Crippen molar-refractivity contribution in [3.05, 3.63) is 63.4 Å². The van der Waals surface area contributed by atoms with Gasteiger partial charge in [-0.3, -0.25) is 4.79 Å². The van der Waals surface area contributed by atoms with Crippen LogP contribution in [0.5, 0.6) is 5.75 Å². The molecular formula is C18H16ClFN2O2. The number of benzene rings is 2. The number of carbonyl (C=O) groups excluding carboxylic acids is 1. The zero-order valence-electron chi connectivity index (χ0n) is 13.3. The number of ketones is 1. The van der Waals surface area contributed by atoms with Gasteiger partial charge in [-0.05, 0) is 30.7 Å². The number of nitrogens with two attached hydrogens (primary N) is 1. The van der Waals surface area contributed by atoms with Gasteiger partial charge in [-0.1, -0.05) is 24.6 Å². The topological polar surface area (TPSA) is 76.1 Å². The molecule has 0 aliphatic heterocycles. The van der Waals surface area contributed by atoms with Gasteiger partial charge in [0, 0.05) is 17.2 Å². The van der Waals surface area contributed by atoms with Crippen LogP contribution in [0.2, 0.25) is 5.02 Å². The first kappa shape index (κ1) is 17.9. The van der Waals surface area contributed by atoms with Crippen molar-refractivity contribution >= 4 is 17.4 Å². The number of nitrogens with zero attached hydrogens (tertiary/aromatic N) is 1. The van der Waals surface area contributed by atoms with Crippen LogP contribution in [0.25, 0.3) is 0 Å². The number of rotatable bonds is 5. The van der Waals surface area contributed by atoms with E-state index in [2.05, 4.69) is 0 Å². The van der Waals surface area contributed by atoms with E-state index < -0.39 is 17.6 Å². The molecule has 2 N–H and O–H groups in total. The van der Waals surface area contributed by atoms with Crippen molar-refractivity contribution in [3.8, 4) is 11.8 Å². The van der Waals surface area contributed by atoms with Gasteiger partial charge in [0.2, 0.25) is 0 Å². The van der Waals surface area contributed by atoms with Gasteiger partial charge < -0.3 is 10.5 Å². The Morgan fingerprint density at radius 2 is 2.12 bits per heavy atom. The normalized spacial score (nSPS) is 11.7. The van der Waals surface area contributed by atoms with Crippen LogP contribution in [-0.4, -0.2) is 12.9 Å². The van der Waals surface area contributed by atoms with E-state index in [9.17, 15) is 9.18 Å². The maximum atomic E-state index is 14.8. The third-order valence-corrected chi connectivity index (χ3v) is 4.08. The number of ether oxygens (including phenoxy) is 1. The maximum Gasteiger partial charge on any atom is 0.197 e. The number of nitriles is 1. The van der Waals surface area contributed by atoms with Gasteiger partial charge in [0.25, 0.3) is 0 Å². The Labute approximate surface area is 144 Å². The number of hydrogen-bond acceptors (Lipinski definition) is 4. The Morgan fingerprint density at radius 3 is 2.71 bits per heavy atom. The zero-order valence-corrected chi connectivity index (χ0v) is 14.0. The third kappa shape index (κ3) is 3.25. The molecule has 2 rings (SSSR count). The van der Waals surface area contributed by atoms with Gasteiger partial charge in [-0.15, -0.1) is 0 Å². The molecule has 0 fully saturated rings. The minimum atomic E-state index is -0.726. The molecule has 0 aliphatic carbocycles. The number of carbonyl (C=O) groups is 1. The molecule has 24 heavy (non-hydrogen) atoms. The SMILES string of the molecule is CCC(N)c1ccc(Cl)c(C(=O)c2ccc(OC)c(C#N)c2)c1F. The lowest BCUT2D eigenvalue weighted by Crippen LogP contribution is -2.15. The molecular weight excluding hydrogens is 331 g/mol. The first-order chi connectivity index (χ1) is 11.4. The maximum absolute atomic E-state index is 14.8. The second-order valence-electron chi connectivity index (χ2n) is 5.20. The fraction of sp³-hybridized carbons (Fsp3) is 0.222. The summed E-state index contributed by atoms with van der Waals surface area (Å²) in [5.74, 6) is -1.000. The standard InChI is InChI=1S/C18H16ClFN2O2/c1-3-14(22)12-5-6-13(19)16(17(12)20)18(23)10-4-7-15(24-2)11(8-10)9-21/h4-8,14H,3,22H2,1-2H3. The molecule has 1 atom stereocenters. The molecule has 6 heteroatoms. The minimum Gasteiger partial charge on any atom is -0.495 e. The lowest BCUT2D eigenvalue weighted by molar-refractivity contribution is 0.103. The summed E-state index contributed by atoms with van der Waals surface area (Å²) in [6, 6.07) is 8.65. The van der Waals surface area contributed by atoms with Gasteiger partial charge in [0.1, 0.15) is 17.6 Å². The van der Waals surface area contributed by atoms with Crippen molar-refractivity contribution in [1.29, 1.82) is 5.26 Å². The molecule has 0 saturated carbocycles. The average Bonchev–Trinajstić information content (AvgIpc) is 2.60. The summed E-state index contributed by atoms with van der Waals surface area (Å²) < 4.78 is 19.8. The molecule has 0 saturated heterocycles. The Bertz CT molecular complexity index is 830. The summed E-state index contributed by atoms with van der Waals surface area (Å²) in [5.41, 5.74) is 6.20. The number of methoxy groups -OCH3 is 1. The average molecular weight is 347 g/mol. The van der Waals surface area contributed by atoms with E-state index in [0.29, 0.717) is 12.2 Å². The molecule has 0 aliphatic rings. The van der Waals surface area contributed by atoms with Crippen LogP contribution in [0.1, 0.15) is 46.4 Å².